The largest absolute Gasteiger partial charge is 0.466 e. The standard InChI is InChI=1S/C21H24N2O3/c1-2-26-21(25)15-9-11-23(12-10-15)20(24)13-16-7-8-17(14-22)19-6-4-3-5-18(16)19/h3-8,14-15,22H,2,9-13H2,1H3. The van der Waals surface area contributed by atoms with Crippen molar-refractivity contribution in [3.05, 3.63) is 47.5 Å². The lowest BCUT2D eigenvalue weighted by molar-refractivity contribution is -0.151. The zero-order valence-electron chi connectivity index (χ0n) is 15.0. The summed E-state index contributed by atoms with van der Waals surface area (Å²) in [5.74, 6) is -0.153. The molecule has 5 nitrogen and oxygen atoms in total. The molecule has 0 aliphatic carbocycles. The maximum absolute atomic E-state index is 12.7. The van der Waals surface area contributed by atoms with Gasteiger partial charge in [-0.25, -0.2) is 0 Å². The first-order valence-electron chi connectivity index (χ1n) is 9.09. The van der Waals surface area contributed by atoms with Gasteiger partial charge in [-0.15, -0.1) is 0 Å². The van der Waals surface area contributed by atoms with Crippen molar-refractivity contribution < 1.29 is 14.3 Å². The highest BCUT2D eigenvalue weighted by Gasteiger charge is 2.28. The van der Waals surface area contributed by atoms with E-state index in [0.717, 1.165) is 21.9 Å². The summed E-state index contributed by atoms with van der Waals surface area (Å²) < 4.78 is 5.08. The van der Waals surface area contributed by atoms with Crippen molar-refractivity contribution >= 4 is 28.9 Å². The number of hydrogen-bond donors (Lipinski definition) is 1. The Kier molecular flexibility index (Phi) is 5.66. The number of carbonyl (C=O) groups is 2. The van der Waals surface area contributed by atoms with E-state index < -0.39 is 0 Å². The topological polar surface area (TPSA) is 70.5 Å². The summed E-state index contributed by atoms with van der Waals surface area (Å²) in [6.07, 6.45) is 3.01. The maximum Gasteiger partial charge on any atom is 0.309 e. The van der Waals surface area contributed by atoms with Gasteiger partial charge >= 0.3 is 5.97 Å². The van der Waals surface area contributed by atoms with Crippen LogP contribution in [-0.4, -0.2) is 42.7 Å². The van der Waals surface area contributed by atoms with Crippen LogP contribution in [0.5, 0.6) is 0 Å². The number of amides is 1. The molecule has 1 amide bonds. The molecule has 26 heavy (non-hydrogen) atoms. The number of nitrogens with one attached hydrogen (secondary N) is 1. The summed E-state index contributed by atoms with van der Waals surface area (Å²) in [6, 6.07) is 11.7. The number of hydrogen-bond acceptors (Lipinski definition) is 4. The van der Waals surface area contributed by atoms with E-state index in [1.807, 2.05) is 48.2 Å². The van der Waals surface area contributed by atoms with E-state index in [4.69, 9.17) is 10.1 Å². The predicted molar refractivity (Wildman–Crippen MR) is 101 cm³/mol. The van der Waals surface area contributed by atoms with Gasteiger partial charge in [0.1, 0.15) is 0 Å². The Labute approximate surface area is 153 Å². The molecule has 5 heteroatoms. The number of nitrogens with zero attached hydrogens (tertiary/aromatic N) is 1. The Bertz CT molecular complexity index is 823. The highest BCUT2D eigenvalue weighted by Crippen LogP contribution is 2.24. The van der Waals surface area contributed by atoms with Crippen molar-refractivity contribution in [3.63, 3.8) is 0 Å². The van der Waals surface area contributed by atoms with Gasteiger partial charge in [-0.1, -0.05) is 36.4 Å². The minimum atomic E-state index is -0.146. The van der Waals surface area contributed by atoms with Crippen molar-refractivity contribution in [1.29, 1.82) is 5.41 Å². The zero-order chi connectivity index (χ0) is 18.5. The summed E-state index contributed by atoms with van der Waals surface area (Å²) in [5.41, 5.74) is 1.83. The van der Waals surface area contributed by atoms with Gasteiger partial charge in [0.2, 0.25) is 5.91 Å². The van der Waals surface area contributed by atoms with Crippen LogP contribution in [-0.2, 0) is 20.7 Å². The van der Waals surface area contributed by atoms with Gasteiger partial charge in [0.05, 0.1) is 18.9 Å². The molecule has 2 aromatic rings. The molecular weight excluding hydrogens is 328 g/mol. The predicted octanol–water partition coefficient (Wildman–Crippen LogP) is 3.18. The molecule has 1 saturated heterocycles. The maximum atomic E-state index is 12.7. The smallest absolute Gasteiger partial charge is 0.309 e. The Hall–Kier alpha value is -2.69. The molecule has 0 atom stereocenters. The van der Waals surface area contributed by atoms with Gasteiger partial charge in [-0.3, -0.25) is 9.59 Å². The monoisotopic (exact) mass is 352 g/mol. The van der Waals surface area contributed by atoms with Crippen molar-refractivity contribution in [2.75, 3.05) is 19.7 Å². The number of ether oxygens (including phenoxy) is 1. The van der Waals surface area contributed by atoms with Crippen LogP contribution < -0.4 is 0 Å². The number of carbonyl (C=O) groups excluding carboxylic acids is 2. The van der Waals surface area contributed by atoms with E-state index in [9.17, 15) is 9.59 Å². The molecule has 3 rings (SSSR count). The van der Waals surface area contributed by atoms with Crippen LogP contribution in [0.2, 0.25) is 0 Å². The average molecular weight is 352 g/mol. The third-order valence-electron chi connectivity index (χ3n) is 5.01. The normalized spacial score (nSPS) is 15.0. The number of piperidine rings is 1. The van der Waals surface area contributed by atoms with E-state index in [1.165, 1.54) is 6.21 Å². The van der Waals surface area contributed by atoms with E-state index in [1.54, 1.807) is 0 Å². The second kappa shape index (κ2) is 8.13. The third kappa shape index (κ3) is 3.77. The number of esters is 1. The van der Waals surface area contributed by atoms with Gasteiger partial charge in [-0.05, 0) is 41.7 Å². The molecule has 1 aliphatic heterocycles. The van der Waals surface area contributed by atoms with Crippen LogP contribution in [0.3, 0.4) is 0 Å². The second-order valence-electron chi connectivity index (χ2n) is 6.59. The zero-order valence-corrected chi connectivity index (χ0v) is 15.0. The molecule has 1 heterocycles. The summed E-state index contributed by atoms with van der Waals surface area (Å²) in [4.78, 5) is 26.4. The molecular formula is C21H24N2O3. The Morgan fingerprint density at radius 1 is 1.15 bits per heavy atom. The fraction of sp³-hybridized carbons (Fsp3) is 0.381. The van der Waals surface area contributed by atoms with Crippen molar-refractivity contribution in [1.82, 2.24) is 4.90 Å². The van der Waals surface area contributed by atoms with E-state index in [0.29, 0.717) is 39.0 Å². The minimum Gasteiger partial charge on any atom is -0.466 e. The summed E-state index contributed by atoms with van der Waals surface area (Å²) in [7, 11) is 0. The molecule has 0 unspecified atom stereocenters. The second-order valence-corrected chi connectivity index (χ2v) is 6.59. The van der Waals surface area contributed by atoms with Crippen LogP contribution in [0.4, 0.5) is 0 Å². The molecule has 0 radical (unpaired) electrons. The lowest BCUT2D eigenvalue weighted by Crippen LogP contribution is -2.41. The van der Waals surface area contributed by atoms with Crippen LogP contribution in [0.25, 0.3) is 10.8 Å². The fourth-order valence-electron chi connectivity index (χ4n) is 3.56. The van der Waals surface area contributed by atoms with E-state index in [2.05, 4.69) is 0 Å². The van der Waals surface area contributed by atoms with Gasteiger partial charge in [-0.2, -0.15) is 0 Å². The molecule has 0 spiro atoms. The molecule has 136 valence electrons. The van der Waals surface area contributed by atoms with Crippen LogP contribution in [0.1, 0.15) is 30.9 Å². The minimum absolute atomic E-state index is 0.0834. The van der Waals surface area contributed by atoms with Crippen LogP contribution in [0, 0.1) is 11.3 Å². The van der Waals surface area contributed by atoms with Crippen molar-refractivity contribution in [2.24, 2.45) is 5.92 Å². The number of benzene rings is 2. The Morgan fingerprint density at radius 3 is 2.50 bits per heavy atom. The lowest BCUT2D eigenvalue weighted by atomic mass is 9.95. The molecule has 1 aliphatic rings. The number of fused-ring (bicyclic) bond motifs is 1. The SMILES string of the molecule is CCOC(=O)C1CCN(C(=O)Cc2ccc(C=N)c3ccccc23)CC1. The van der Waals surface area contributed by atoms with Gasteiger partial charge in [0.15, 0.2) is 0 Å². The lowest BCUT2D eigenvalue weighted by Gasteiger charge is -2.31. The van der Waals surface area contributed by atoms with E-state index in [-0.39, 0.29) is 17.8 Å². The molecule has 0 saturated carbocycles. The third-order valence-corrected chi connectivity index (χ3v) is 5.01. The van der Waals surface area contributed by atoms with Gasteiger partial charge in [0, 0.05) is 19.3 Å². The Morgan fingerprint density at radius 2 is 1.85 bits per heavy atom. The molecule has 2 aromatic carbocycles. The average Bonchev–Trinajstić information content (AvgIpc) is 2.68. The molecule has 0 bridgehead atoms. The van der Waals surface area contributed by atoms with Crippen molar-refractivity contribution in [3.8, 4) is 0 Å². The first-order valence-corrected chi connectivity index (χ1v) is 9.09. The van der Waals surface area contributed by atoms with Crippen LogP contribution >= 0.6 is 0 Å². The highest BCUT2D eigenvalue weighted by atomic mass is 16.5. The first kappa shape index (κ1) is 18.1. The van der Waals surface area contributed by atoms with E-state index >= 15 is 0 Å². The summed E-state index contributed by atoms with van der Waals surface area (Å²) in [5, 5.41) is 9.55. The molecule has 1 fully saturated rings. The Balaban J connectivity index is 1.69. The van der Waals surface area contributed by atoms with Crippen molar-refractivity contribution in [2.45, 2.75) is 26.2 Å². The first-order chi connectivity index (χ1) is 12.6. The molecule has 0 aromatic heterocycles. The molecule has 1 N–H and O–H groups in total. The number of likely N-dealkylation sites (tertiary alicyclic amines) is 1. The highest BCUT2D eigenvalue weighted by molar-refractivity contribution is 6.01. The van der Waals surface area contributed by atoms with Crippen LogP contribution in [0.15, 0.2) is 36.4 Å². The number of rotatable bonds is 5. The van der Waals surface area contributed by atoms with Gasteiger partial charge < -0.3 is 15.0 Å². The summed E-state index contributed by atoms with van der Waals surface area (Å²) >= 11 is 0. The summed E-state index contributed by atoms with van der Waals surface area (Å²) in [6.45, 7) is 3.40. The fourth-order valence-corrected chi connectivity index (χ4v) is 3.56. The van der Waals surface area contributed by atoms with Gasteiger partial charge in [0.25, 0.3) is 0 Å². The quantitative estimate of drug-likeness (QED) is 0.664.